The molecule has 10 heteroatoms. The van der Waals surface area contributed by atoms with Crippen LogP contribution in [0.3, 0.4) is 0 Å². The molecule has 164 valence electrons. The molecule has 2 aliphatic heterocycles. The third-order valence-electron chi connectivity index (χ3n) is 4.69. The molecule has 2 heterocycles. The second-order valence-corrected chi connectivity index (χ2v) is 8.33. The molecule has 0 saturated carbocycles. The predicted octanol–water partition coefficient (Wildman–Crippen LogP) is 3.32. The lowest BCUT2D eigenvalue weighted by Crippen LogP contribution is -2.43. The number of carbonyl (C=O) groups excluding carboxylic acids is 2. The Kier molecular flexibility index (Phi) is 5.96. The molecule has 0 spiro atoms. The highest BCUT2D eigenvalue weighted by molar-refractivity contribution is 6.04. The van der Waals surface area contributed by atoms with Crippen LogP contribution in [0.2, 0.25) is 0 Å². The van der Waals surface area contributed by atoms with Crippen LogP contribution in [0.1, 0.15) is 44.7 Å². The van der Waals surface area contributed by atoms with Gasteiger partial charge in [-0.2, -0.15) is 13.2 Å². The van der Waals surface area contributed by atoms with Crippen LogP contribution in [-0.2, 0) is 20.5 Å². The first kappa shape index (κ1) is 21.9. The van der Waals surface area contributed by atoms with Gasteiger partial charge in [0, 0.05) is 25.1 Å². The van der Waals surface area contributed by atoms with Crippen molar-refractivity contribution < 1.29 is 32.3 Å². The molecule has 30 heavy (non-hydrogen) atoms. The number of hydrogen-bond donors (Lipinski definition) is 1. The van der Waals surface area contributed by atoms with Crippen LogP contribution in [0, 0.1) is 0 Å². The molecule has 1 fully saturated rings. The summed E-state index contributed by atoms with van der Waals surface area (Å²) in [4.78, 5) is 31.4. The molecule has 0 aliphatic carbocycles. The van der Waals surface area contributed by atoms with E-state index in [2.05, 4.69) is 10.5 Å². The van der Waals surface area contributed by atoms with Gasteiger partial charge in [-0.05, 0) is 39.3 Å². The van der Waals surface area contributed by atoms with Crippen molar-refractivity contribution in [2.24, 2.45) is 5.16 Å². The van der Waals surface area contributed by atoms with Crippen molar-refractivity contribution in [2.45, 2.75) is 57.5 Å². The number of carbonyl (C=O) groups is 2. The largest absolute Gasteiger partial charge is 0.444 e. The highest BCUT2D eigenvalue weighted by atomic mass is 19.4. The van der Waals surface area contributed by atoms with Crippen molar-refractivity contribution >= 4 is 17.7 Å². The Morgan fingerprint density at radius 1 is 1.27 bits per heavy atom. The fourth-order valence-corrected chi connectivity index (χ4v) is 3.31. The van der Waals surface area contributed by atoms with Gasteiger partial charge in [0.2, 0.25) is 6.10 Å². The minimum Gasteiger partial charge on any atom is -0.444 e. The second-order valence-electron chi connectivity index (χ2n) is 8.33. The third-order valence-corrected chi connectivity index (χ3v) is 4.69. The van der Waals surface area contributed by atoms with Crippen LogP contribution in [0.15, 0.2) is 29.4 Å². The van der Waals surface area contributed by atoms with E-state index < -0.39 is 29.5 Å². The summed E-state index contributed by atoms with van der Waals surface area (Å²) in [6.45, 7) is 6.01. The normalized spacial score (nSPS) is 21.8. The van der Waals surface area contributed by atoms with Crippen molar-refractivity contribution in [3.63, 3.8) is 0 Å². The van der Waals surface area contributed by atoms with E-state index in [4.69, 9.17) is 9.57 Å². The summed E-state index contributed by atoms with van der Waals surface area (Å²) in [5.74, 6) is -0.311. The zero-order chi connectivity index (χ0) is 22.1. The standard InChI is InChI=1S/C20H24F3N3O4/c1-19(2,3)29-18(28)24-14-7-8-26(11-14)17(27)16-10-15(25-30-16)12-5-4-6-13(9-12)20(21,22)23/h4-6,9,14,16H,7-8,10-11H2,1-3H3,(H,24,28). The Balaban J connectivity index is 1.54. The Labute approximate surface area is 172 Å². The average Bonchev–Trinajstić information content (AvgIpc) is 3.28. The minimum atomic E-state index is -4.46. The van der Waals surface area contributed by atoms with Gasteiger partial charge in [-0.3, -0.25) is 4.79 Å². The average molecular weight is 427 g/mol. The lowest BCUT2D eigenvalue weighted by atomic mass is 10.0. The van der Waals surface area contributed by atoms with E-state index in [0.717, 1.165) is 12.1 Å². The summed E-state index contributed by atoms with van der Waals surface area (Å²) >= 11 is 0. The molecule has 1 N–H and O–H groups in total. The first-order valence-corrected chi connectivity index (χ1v) is 9.61. The maximum atomic E-state index is 12.9. The van der Waals surface area contributed by atoms with E-state index in [-0.39, 0.29) is 23.9 Å². The summed E-state index contributed by atoms with van der Waals surface area (Å²) in [5, 5.41) is 6.56. The number of nitrogens with one attached hydrogen (secondary N) is 1. The maximum Gasteiger partial charge on any atom is 0.416 e. The predicted molar refractivity (Wildman–Crippen MR) is 102 cm³/mol. The number of rotatable bonds is 3. The number of nitrogens with zero attached hydrogens (tertiary/aromatic N) is 2. The number of benzene rings is 1. The first-order valence-electron chi connectivity index (χ1n) is 9.61. The SMILES string of the molecule is CC(C)(C)OC(=O)NC1CCN(C(=O)C2CC(c3cccc(C(F)(F)F)c3)=NO2)C1. The van der Waals surface area contributed by atoms with Gasteiger partial charge in [0.25, 0.3) is 5.91 Å². The Bertz CT molecular complexity index is 848. The molecule has 2 atom stereocenters. The highest BCUT2D eigenvalue weighted by Crippen LogP contribution is 2.30. The molecule has 1 saturated heterocycles. The molecule has 2 unspecified atom stereocenters. The van der Waals surface area contributed by atoms with E-state index in [1.165, 1.54) is 12.1 Å². The van der Waals surface area contributed by atoms with E-state index in [0.29, 0.717) is 25.2 Å². The van der Waals surface area contributed by atoms with Gasteiger partial charge in [-0.15, -0.1) is 0 Å². The smallest absolute Gasteiger partial charge is 0.416 e. The molecule has 7 nitrogen and oxygen atoms in total. The molecule has 3 rings (SSSR count). The van der Waals surface area contributed by atoms with Gasteiger partial charge in [-0.25, -0.2) is 4.79 Å². The summed E-state index contributed by atoms with van der Waals surface area (Å²) in [6.07, 6.45) is -5.25. The van der Waals surface area contributed by atoms with Crippen molar-refractivity contribution in [1.29, 1.82) is 0 Å². The van der Waals surface area contributed by atoms with Crippen LogP contribution in [0.5, 0.6) is 0 Å². The second kappa shape index (κ2) is 8.16. The van der Waals surface area contributed by atoms with Crippen molar-refractivity contribution in [3.05, 3.63) is 35.4 Å². The molecular formula is C20H24F3N3O4. The van der Waals surface area contributed by atoms with E-state index in [1.54, 1.807) is 25.7 Å². The minimum absolute atomic E-state index is 0.0841. The fourth-order valence-electron chi connectivity index (χ4n) is 3.31. The van der Waals surface area contributed by atoms with Gasteiger partial charge in [-0.1, -0.05) is 17.3 Å². The molecule has 1 aromatic rings. The van der Waals surface area contributed by atoms with Gasteiger partial charge in [0.05, 0.1) is 17.3 Å². The lowest BCUT2D eigenvalue weighted by Gasteiger charge is -2.22. The number of ether oxygens (including phenoxy) is 1. The monoisotopic (exact) mass is 427 g/mol. The number of hydrogen-bond acceptors (Lipinski definition) is 5. The van der Waals surface area contributed by atoms with Gasteiger partial charge < -0.3 is 19.8 Å². The van der Waals surface area contributed by atoms with Crippen LogP contribution in [0.4, 0.5) is 18.0 Å². The van der Waals surface area contributed by atoms with E-state index in [9.17, 15) is 22.8 Å². The number of halogens is 3. The van der Waals surface area contributed by atoms with Crippen LogP contribution < -0.4 is 5.32 Å². The molecule has 2 amide bonds. The molecule has 0 aromatic heterocycles. The summed E-state index contributed by atoms with van der Waals surface area (Å²) in [6, 6.07) is 4.52. The summed E-state index contributed by atoms with van der Waals surface area (Å²) in [5.41, 5.74) is -0.839. The Hall–Kier alpha value is -2.78. The fraction of sp³-hybridized carbons (Fsp3) is 0.550. The zero-order valence-corrected chi connectivity index (χ0v) is 17.0. The van der Waals surface area contributed by atoms with Gasteiger partial charge in [0.15, 0.2) is 0 Å². The summed E-state index contributed by atoms with van der Waals surface area (Å²) in [7, 11) is 0. The van der Waals surface area contributed by atoms with E-state index >= 15 is 0 Å². The van der Waals surface area contributed by atoms with Gasteiger partial charge >= 0.3 is 12.3 Å². The molecule has 0 radical (unpaired) electrons. The topological polar surface area (TPSA) is 80.2 Å². The molecule has 1 aromatic carbocycles. The summed E-state index contributed by atoms with van der Waals surface area (Å²) < 4.78 is 43.9. The lowest BCUT2D eigenvalue weighted by molar-refractivity contribution is -0.141. The van der Waals surface area contributed by atoms with Crippen molar-refractivity contribution in [1.82, 2.24) is 10.2 Å². The molecule has 0 bridgehead atoms. The van der Waals surface area contributed by atoms with Crippen LogP contribution in [-0.4, -0.2) is 53.4 Å². The Morgan fingerprint density at radius 2 is 2.00 bits per heavy atom. The quantitative estimate of drug-likeness (QED) is 0.803. The first-order chi connectivity index (χ1) is 13.9. The van der Waals surface area contributed by atoms with Crippen molar-refractivity contribution in [3.8, 4) is 0 Å². The highest BCUT2D eigenvalue weighted by Gasteiger charge is 2.37. The van der Waals surface area contributed by atoms with Crippen molar-refractivity contribution in [2.75, 3.05) is 13.1 Å². The number of oxime groups is 1. The number of alkyl halides is 3. The third kappa shape index (κ3) is 5.43. The van der Waals surface area contributed by atoms with Crippen LogP contribution >= 0.6 is 0 Å². The number of likely N-dealkylation sites (tertiary alicyclic amines) is 1. The van der Waals surface area contributed by atoms with Crippen LogP contribution in [0.25, 0.3) is 0 Å². The Morgan fingerprint density at radius 3 is 2.67 bits per heavy atom. The molecule has 2 aliphatic rings. The number of amides is 2. The van der Waals surface area contributed by atoms with E-state index in [1.807, 2.05) is 0 Å². The molecular weight excluding hydrogens is 403 g/mol. The maximum absolute atomic E-state index is 12.9. The number of alkyl carbamates (subject to hydrolysis) is 1. The zero-order valence-electron chi connectivity index (χ0n) is 17.0. The van der Waals surface area contributed by atoms with Gasteiger partial charge in [0.1, 0.15) is 5.60 Å².